The second-order valence-electron chi connectivity index (χ2n) is 7.14. The van der Waals surface area contributed by atoms with E-state index in [4.69, 9.17) is 0 Å². The molecule has 1 N–H and O–H groups in total. The van der Waals surface area contributed by atoms with Crippen LogP contribution in [0.4, 0.5) is 5.69 Å². The molecule has 0 saturated carbocycles. The van der Waals surface area contributed by atoms with Gasteiger partial charge in [0.05, 0.1) is 5.56 Å². The van der Waals surface area contributed by atoms with Gasteiger partial charge in [0, 0.05) is 31.9 Å². The monoisotopic (exact) mass is 373 g/mol. The highest BCUT2D eigenvalue weighted by atomic mass is 16.4. The molecule has 2 aromatic carbocycles. The molecule has 0 aliphatic heterocycles. The summed E-state index contributed by atoms with van der Waals surface area (Å²) in [5.41, 5.74) is 6.51. The Morgan fingerprint density at radius 2 is 1.46 bits per heavy atom. The van der Waals surface area contributed by atoms with Crippen molar-refractivity contribution < 1.29 is 14.5 Å². The average molecular weight is 373 g/mol. The second-order valence-corrected chi connectivity index (χ2v) is 7.14. The molecule has 0 atom stereocenters. The molecule has 1 aliphatic rings. The summed E-state index contributed by atoms with van der Waals surface area (Å²) in [5.74, 6) is -0.924. The van der Waals surface area contributed by atoms with Crippen LogP contribution in [0, 0.1) is 0 Å². The minimum atomic E-state index is -0.924. The summed E-state index contributed by atoms with van der Waals surface area (Å²) in [6.45, 7) is 0. The van der Waals surface area contributed by atoms with Crippen molar-refractivity contribution >= 4 is 22.9 Å². The number of anilines is 1. The summed E-state index contributed by atoms with van der Waals surface area (Å²) < 4.78 is 2.06. The average Bonchev–Trinajstić information content (AvgIpc) is 2.69. The van der Waals surface area contributed by atoms with Gasteiger partial charge in [0.15, 0.2) is 5.71 Å². The number of rotatable bonds is 4. The smallest absolute Gasteiger partial charge is 0.335 e. The summed E-state index contributed by atoms with van der Waals surface area (Å²) in [6, 6.07) is 15.4. The number of benzene rings is 2. The summed E-state index contributed by atoms with van der Waals surface area (Å²) in [6.07, 6.45) is 8.31. The SMILES string of the molecule is CN(C)c1ccc(C(=C2C=CC(=[N+](C)C)C=C2)c2cccc(C(=O)O)c2)cc1. The van der Waals surface area contributed by atoms with Crippen LogP contribution in [0.1, 0.15) is 21.5 Å². The van der Waals surface area contributed by atoms with Crippen molar-refractivity contribution in [2.24, 2.45) is 0 Å². The van der Waals surface area contributed by atoms with Gasteiger partial charge in [-0.05, 0) is 58.7 Å². The fraction of sp³-hybridized carbons (Fsp3) is 0.167. The first-order chi connectivity index (χ1) is 13.4. The number of nitrogens with zero attached hydrogens (tertiary/aromatic N) is 2. The van der Waals surface area contributed by atoms with Crippen LogP contribution in [-0.2, 0) is 0 Å². The number of hydrogen-bond acceptors (Lipinski definition) is 2. The molecule has 0 spiro atoms. The second kappa shape index (κ2) is 8.09. The Kier molecular flexibility index (Phi) is 5.59. The maximum atomic E-state index is 11.5. The molecular formula is C24H25N2O2+. The standard InChI is InChI=1S/C24H24N2O2/c1-25(2)21-12-8-17(9-13-21)23(18-10-14-22(15-11-18)26(3)4)19-6-5-7-20(16-19)24(27)28/h5-16H,1-4H3/p+1. The molecule has 0 radical (unpaired) electrons. The van der Waals surface area contributed by atoms with Crippen LogP contribution in [0.3, 0.4) is 0 Å². The largest absolute Gasteiger partial charge is 0.478 e. The van der Waals surface area contributed by atoms with Crippen molar-refractivity contribution in [1.82, 2.24) is 0 Å². The van der Waals surface area contributed by atoms with Crippen LogP contribution in [0.2, 0.25) is 0 Å². The highest BCUT2D eigenvalue weighted by Gasteiger charge is 2.15. The van der Waals surface area contributed by atoms with Crippen molar-refractivity contribution in [3.8, 4) is 0 Å². The van der Waals surface area contributed by atoms with Gasteiger partial charge in [-0.1, -0.05) is 24.3 Å². The Labute approximate surface area is 166 Å². The highest BCUT2D eigenvalue weighted by Crippen LogP contribution is 2.31. The van der Waals surface area contributed by atoms with Crippen LogP contribution in [0.5, 0.6) is 0 Å². The molecule has 0 fully saturated rings. The van der Waals surface area contributed by atoms with E-state index in [9.17, 15) is 9.90 Å². The summed E-state index contributed by atoms with van der Waals surface area (Å²) in [4.78, 5) is 13.5. The lowest BCUT2D eigenvalue weighted by molar-refractivity contribution is -0.462. The minimum absolute atomic E-state index is 0.282. The van der Waals surface area contributed by atoms with Gasteiger partial charge in [-0.25, -0.2) is 9.37 Å². The number of allylic oxidation sites excluding steroid dienone is 5. The minimum Gasteiger partial charge on any atom is -0.478 e. The predicted molar refractivity (Wildman–Crippen MR) is 116 cm³/mol. The van der Waals surface area contributed by atoms with Gasteiger partial charge in [0.25, 0.3) is 0 Å². The van der Waals surface area contributed by atoms with E-state index < -0.39 is 5.97 Å². The fourth-order valence-electron chi connectivity index (χ4n) is 3.16. The fourth-order valence-corrected chi connectivity index (χ4v) is 3.16. The Hall–Kier alpha value is -3.40. The van der Waals surface area contributed by atoms with E-state index in [1.807, 2.05) is 34.3 Å². The van der Waals surface area contributed by atoms with E-state index in [-0.39, 0.29) is 5.56 Å². The maximum Gasteiger partial charge on any atom is 0.335 e. The Bertz CT molecular complexity index is 1000. The van der Waals surface area contributed by atoms with Crippen molar-refractivity contribution in [3.63, 3.8) is 0 Å². The number of aromatic carboxylic acids is 1. The van der Waals surface area contributed by atoms with Gasteiger partial charge >= 0.3 is 5.97 Å². The maximum absolute atomic E-state index is 11.5. The molecule has 0 aromatic heterocycles. The predicted octanol–water partition coefficient (Wildman–Crippen LogP) is 4.09. The van der Waals surface area contributed by atoms with Gasteiger partial charge in [0.2, 0.25) is 0 Å². The summed E-state index contributed by atoms with van der Waals surface area (Å²) in [5, 5.41) is 9.41. The summed E-state index contributed by atoms with van der Waals surface area (Å²) in [7, 11) is 8.04. The van der Waals surface area contributed by atoms with Gasteiger partial charge in [-0.3, -0.25) is 0 Å². The lowest BCUT2D eigenvalue weighted by Crippen LogP contribution is -2.10. The third-order valence-electron chi connectivity index (χ3n) is 4.74. The number of carbonyl (C=O) groups is 1. The molecule has 28 heavy (non-hydrogen) atoms. The third kappa shape index (κ3) is 4.12. The molecule has 4 nitrogen and oxygen atoms in total. The van der Waals surface area contributed by atoms with Gasteiger partial charge in [0.1, 0.15) is 14.1 Å². The lowest BCUT2D eigenvalue weighted by Gasteiger charge is -2.17. The quantitative estimate of drug-likeness (QED) is 0.821. The molecule has 0 heterocycles. The first-order valence-corrected chi connectivity index (χ1v) is 9.13. The third-order valence-corrected chi connectivity index (χ3v) is 4.74. The molecule has 2 aromatic rings. The van der Waals surface area contributed by atoms with Crippen LogP contribution in [0.25, 0.3) is 5.57 Å². The van der Waals surface area contributed by atoms with Crippen LogP contribution >= 0.6 is 0 Å². The zero-order chi connectivity index (χ0) is 20.3. The Balaban J connectivity index is 2.18. The van der Waals surface area contributed by atoms with Crippen molar-refractivity contribution in [2.45, 2.75) is 0 Å². The van der Waals surface area contributed by atoms with Gasteiger partial charge in [-0.15, -0.1) is 0 Å². The molecule has 142 valence electrons. The molecular weight excluding hydrogens is 348 g/mol. The molecule has 4 heteroatoms. The first-order valence-electron chi connectivity index (χ1n) is 9.13. The van der Waals surface area contributed by atoms with Crippen molar-refractivity contribution in [2.75, 3.05) is 33.1 Å². The zero-order valence-corrected chi connectivity index (χ0v) is 16.7. The van der Waals surface area contributed by atoms with E-state index in [1.165, 1.54) is 0 Å². The van der Waals surface area contributed by atoms with E-state index in [2.05, 4.69) is 58.0 Å². The van der Waals surface area contributed by atoms with Gasteiger partial charge in [-0.2, -0.15) is 0 Å². The molecule has 0 bridgehead atoms. The van der Waals surface area contributed by atoms with Crippen LogP contribution in [0.15, 0.2) is 78.4 Å². The number of hydrogen-bond donors (Lipinski definition) is 1. The number of carboxylic acid groups (broad SMARTS) is 1. The van der Waals surface area contributed by atoms with Crippen LogP contribution in [-0.4, -0.2) is 49.6 Å². The normalized spacial score (nSPS) is 12.9. The summed E-state index contributed by atoms with van der Waals surface area (Å²) >= 11 is 0. The molecule has 0 unspecified atom stereocenters. The van der Waals surface area contributed by atoms with Crippen molar-refractivity contribution in [3.05, 3.63) is 95.1 Å². The first kappa shape index (κ1) is 19.4. The number of carboxylic acids is 1. The van der Waals surface area contributed by atoms with E-state index >= 15 is 0 Å². The van der Waals surface area contributed by atoms with E-state index in [0.29, 0.717) is 0 Å². The van der Waals surface area contributed by atoms with Crippen LogP contribution < -0.4 is 4.90 Å². The molecule has 3 rings (SSSR count). The molecule has 1 aliphatic carbocycles. The van der Waals surface area contributed by atoms with Crippen molar-refractivity contribution in [1.29, 1.82) is 0 Å². The van der Waals surface area contributed by atoms with E-state index in [0.717, 1.165) is 33.7 Å². The van der Waals surface area contributed by atoms with Gasteiger partial charge < -0.3 is 10.0 Å². The lowest BCUT2D eigenvalue weighted by atomic mass is 9.90. The zero-order valence-electron chi connectivity index (χ0n) is 16.7. The topological polar surface area (TPSA) is 43.5 Å². The Morgan fingerprint density at radius 1 is 0.857 bits per heavy atom. The molecule has 0 saturated heterocycles. The Morgan fingerprint density at radius 3 is 2.00 bits per heavy atom. The van der Waals surface area contributed by atoms with E-state index in [1.54, 1.807) is 18.2 Å². The molecule has 0 amide bonds. The highest BCUT2D eigenvalue weighted by molar-refractivity contribution is 6.04.